The molecule has 1 aromatic rings. The Hall–Kier alpha value is -2.17. The molecule has 1 atom stereocenters. The highest BCUT2D eigenvalue weighted by molar-refractivity contribution is 7.89. The molecule has 3 N–H and O–H groups in total. The zero-order valence-corrected chi connectivity index (χ0v) is 19.1. The molecule has 0 fully saturated rings. The van der Waals surface area contributed by atoms with Gasteiger partial charge in [-0.25, -0.2) is 17.9 Å². The molecule has 0 heterocycles. The number of amides is 2. The molecule has 0 bridgehead atoms. The fourth-order valence-electron chi connectivity index (χ4n) is 2.21. The molecule has 0 aliphatic rings. The second-order valence-corrected chi connectivity index (χ2v) is 9.48. The Morgan fingerprint density at radius 3 is 2.50 bits per heavy atom. The van der Waals surface area contributed by atoms with Gasteiger partial charge in [0, 0.05) is 25.4 Å². The number of ether oxygens (including phenoxy) is 2. The number of hydrogen-bond acceptors (Lipinski definition) is 6. The highest BCUT2D eigenvalue weighted by Gasteiger charge is 2.18. The summed E-state index contributed by atoms with van der Waals surface area (Å²) in [6, 6.07) is 5.91. The Balaban J connectivity index is 2.59. The van der Waals surface area contributed by atoms with E-state index in [1.807, 2.05) is 6.92 Å². The minimum atomic E-state index is -3.81. The monoisotopic (exact) mass is 443 g/mol. The van der Waals surface area contributed by atoms with Crippen LogP contribution in [0.15, 0.2) is 29.2 Å². The van der Waals surface area contributed by atoms with Gasteiger partial charge in [0.2, 0.25) is 10.0 Å². The smallest absolute Gasteiger partial charge is 0.407 e. The summed E-state index contributed by atoms with van der Waals surface area (Å²) in [4.78, 5) is 23.8. The lowest BCUT2D eigenvalue weighted by molar-refractivity contribution is -0.126. The van der Waals surface area contributed by atoms with E-state index in [4.69, 9.17) is 9.47 Å². The molecule has 0 saturated carbocycles. The quantitative estimate of drug-likeness (QED) is 0.452. The van der Waals surface area contributed by atoms with E-state index in [1.54, 1.807) is 33.8 Å². The number of carbonyl (C=O) groups is 2. The summed E-state index contributed by atoms with van der Waals surface area (Å²) in [6.45, 7) is 9.42. The molecule has 30 heavy (non-hydrogen) atoms. The Morgan fingerprint density at radius 2 is 1.87 bits per heavy atom. The van der Waals surface area contributed by atoms with Crippen molar-refractivity contribution in [2.24, 2.45) is 0 Å². The zero-order valence-electron chi connectivity index (χ0n) is 18.3. The molecule has 0 aromatic heterocycles. The van der Waals surface area contributed by atoms with Crippen molar-refractivity contribution in [1.29, 1.82) is 0 Å². The molecule has 0 aliphatic heterocycles. The van der Waals surface area contributed by atoms with Gasteiger partial charge in [0.15, 0.2) is 0 Å². The van der Waals surface area contributed by atoms with Crippen LogP contribution in [0.25, 0.3) is 0 Å². The molecule has 0 radical (unpaired) electrons. The molecule has 0 aliphatic carbocycles. The second kappa shape index (κ2) is 11.9. The van der Waals surface area contributed by atoms with E-state index in [1.165, 1.54) is 18.2 Å². The maximum Gasteiger partial charge on any atom is 0.407 e. The molecule has 2 amide bonds. The minimum absolute atomic E-state index is 0.00266. The number of unbranched alkanes of at least 4 members (excludes halogenated alkanes) is 1. The molecule has 1 unspecified atom stereocenters. The van der Waals surface area contributed by atoms with Gasteiger partial charge in [-0.1, -0.05) is 19.4 Å². The van der Waals surface area contributed by atoms with E-state index in [0.717, 1.165) is 12.8 Å². The minimum Gasteiger partial charge on any atom is -0.444 e. The maximum atomic E-state index is 12.5. The SMILES string of the molecule is CCCCOC(C)C(=O)Nc1cccc(S(=O)(=O)NCCNC(=O)OC(C)(C)C)c1. The first-order valence-electron chi connectivity index (χ1n) is 9.93. The van der Waals surface area contributed by atoms with Crippen LogP contribution in [0.3, 0.4) is 0 Å². The van der Waals surface area contributed by atoms with Crippen LogP contribution in [-0.2, 0) is 24.3 Å². The lowest BCUT2D eigenvalue weighted by Gasteiger charge is -2.19. The molecule has 0 spiro atoms. The van der Waals surface area contributed by atoms with E-state index < -0.39 is 27.8 Å². The summed E-state index contributed by atoms with van der Waals surface area (Å²) in [5, 5.41) is 5.13. The topological polar surface area (TPSA) is 123 Å². The first-order chi connectivity index (χ1) is 13.9. The fraction of sp³-hybridized carbons (Fsp3) is 0.600. The summed E-state index contributed by atoms with van der Waals surface area (Å²) in [6.07, 6.45) is 0.560. The average molecular weight is 444 g/mol. The van der Waals surface area contributed by atoms with Crippen molar-refractivity contribution >= 4 is 27.7 Å². The van der Waals surface area contributed by atoms with Gasteiger partial charge in [0.1, 0.15) is 11.7 Å². The standard InChI is InChI=1S/C20H33N3O6S/c1-6-7-13-28-15(2)18(24)23-16-9-8-10-17(14-16)30(26,27)22-12-11-21-19(25)29-20(3,4)5/h8-10,14-15,22H,6-7,11-13H2,1-5H3,(H,21,25)(H,23,24). The maximum absolute atomic E-state index is 12.5. The third kappa shape index (κ3) is 10.0. The van der Waals surface area contributed by atoms with E-state index >= 15 is 0 Å². The lowest BCUT2D eigenvalue weighted by atomic mass is 10.2. The summed E-state index contributed by atoms with van der Waals surface area (Å²) in [7, 11) is -3.81. The van der Waals surface area contributed by atoms with Gasteiger partial charge in [0.25, 0.3) is 5.91 Å². The highest BCUT2D eigenvalue weighted by Crippen LogP contribution is 2.16. The Morgan fingerprint density at radius 1 is 1.17 bits per heavy atom. The predicted octanol–water partition coefficient (Wildman–Crippen LogP) is 2.63. The van der Waals surface area contributed by atoms with Gasteiger partial charge < -0.3 is 20.1 Å². The van der Waals surface area contributed by atoms with E-state index in [-0.39, 0.29) is 23.9 Å². The van der Waals surface area contributed by atoms with Gasteiger partial charge in [0.05, 0.1) is 4.90 Å². The van der Waals surface area contributed by atoms with Crippen LogP contribution in [0, 0.1) is 0 Å². The molecular formula is C20H33N3O6S. The van der Waals surface area contributed by atoms with Crippen molar-refractivity contribution < 1.29 is 27.5 Å². The van der Waals surface area contributed by atoms with Crippen molar-refractivity contribution in [1.82, 2.24) is 10.0 Å². The van der Waals surface area contributed by atoms with Gasteiger partial charge >= 0.3 is 6.09 Å². The number of rotatable bonds is 11. The number of nitrogens with one attached hydrogen (secondary N) is 3. The van der Waals surface area contributed by atoms with Crippen molar-refractivity contribution in [3.8, 4) is 0 Å². The normalized spacial score (nSPS) is 12.8. The van der Waals surface area contributed by atoms with Crippen LogP contribution in [0.5, 0.6) is 0 Å². The van der Waals surface area contributed by atoms with Crippen molar-refractivity contribution in [3.63, 3.8) is 0 Å². The summed E-state index contributed by atoms with van der Waals surface area (Å²) in [5.74, 6) is -0.352. The van der Waals surface area contributed by atoms with Crippen molar-refractivity contribution in [2.75, 3.05) is 25.0 Å². The summed E-state index contributed by atoms with van der Waals surface area (Å²) in [5.41, 5.74) is -0.284. The number of benzene rings is 1. The molecule has 1 rings (SSSR count). The third-order valence-corrected chi connectivity index (χ3v) is 5.19. The number of hydrogen-bond donors (Lipinski definition) is 3. The highest BCUT2D eigenvalue weighted by atomic mass is 32.2. The molecule has 0 saturated heterocycles. The number of anilines is 1. The van der Waals surface area contributed by atoms with E-state index in [2.05, 4.69) is 15.4 Å². The third-order valence-electron chi connectivity index (χ3n) is 3.73. The van der Waals surface area contributed by atoms with Gasteiger partial charge in [-0.3, -0.25) is 4.79 Å². The van der Waals surface area contributed by atoms with Crippen LogP contribution in [0.4, 0.5) is 10.5 Å². The molecule has 1 aromatic carbocycles. The zero-order chi connectivity index (χ0) is 22.8. The van der Waals surface area contributed by atoms with Crippen LogP contribution in [0.1, 0.15) is 47.5 Å². The second-order valence-electron chi connectivity index (χ2n) is 7.71. The van der Waals surface area contributed by atoms with Crippen LogP contribution in [0.2, 0.25) is 0 Å². The van der Waals surface area contributed by atoms with Gasteiger partial charge in [-0.15, -0.1) is 0 Å². The Labute approximate surface area is 179 Å². The average Bonchev–Trinajstić information content (AvgIpc) is 2.64. The molecular weight excluding hydrogens is 410 g/mol. The first-order valence-corrected chi connectivity index (χ1v) is 11.4. The Bertz CT molecular complexity index is 805. The molecule has 10 heteroatoms. The summed E-state index contributed by atoms with van der Waals surface area (Å²) >= 11 is 0. The van der Waals surface area contributed by atoms with Crippen LogP contribution in [-0.4, -0.2) is 51.8 Å². The lowest BCUT2D eigenvalue weighted by Crippen LogP contribution is -2.37. The van der Waals surface area contributed by atoms with Crippen molar-refractivity contribution in [2.45, 2.75) is 64.1 Å². The Kier molecular flexibility index (Phi) is 10.2. The number of alkyl carbamates (subject to hydrolysis) is 1. The van der Waals surface area contributed by atoms with Crippen LogP contribution < -0.4 is 15.4 Å². The fourth-order valence-corrected chi connectivity index (χ4v) is 3.29. The molecule has 170 valence electrons. The predicted molar refractivity (Wildman–Crippen MR) is 115 cm³/mol. The van der Waals surface area contributed by atoms with Crippen LogP contribution >= 0.6 is 0 Å². The van der Waals surface area contributed by atoms with Gasteiger partial charge in [-0.2, -0.15) is 0 Å². The van der Waals surface area contributed by atoms with E-state index in [0.29, 0.717) is 12.3 Å². The largest absolute Gasteiger partial charge is 0.444 e. The van der Waals surface area contributed by atoms with Crippen molar-refractivity contribution in [3.05, 3.63) is 24.3 Å². The molecule has 9 nitrogen and oxygen atoms in total. The number of sulfonamides is 1. The van der Waals surface area contributed by atoms with Gasteiger partial charge in [-0.05, 0) is 52.3 Å². The summed E-state index contributed by atoms with van der Waals surface area (Å²) < 4.78 is 37.8. The number of carbonyl (C=O) groups excluding carboxylic acids is 2. The first kappa shape index (κ1) is 25.9. The van der Waals surface area contributed by atoms with E-state index in [9.17, 15) is 18.0 Å².